The summed E-state index contributed by atoms with van der Waals surface area (Å²) in [4.78, 5) is 16.6. The summed E-state index contributed by atoms with van der Waals surface area (Å²) in [5.41, 5.74) is 0.889. The Labute approximate surface area is 170 Å². The van der Waals surface area contributed by atoms with E-state index in [1.807, 2.05) is 24.3 Å². The summed E-state index contributed by atoms with van der Waals surface area (Å²) in [6.45, 7) is 5.81. The van der Waals surface area contributed by atoms with Gasteiger partial charge in [-0.25, -0.2) is 4.39 Å². The van der Waals surface area contributed by atoms with Gasteiger partial charge in [-0.05, 0) is 42.0 Å². The van der Waals surface area contributed by atoms with Crippen molar-refractivity contribution in [3.8, 4) is 5.75 Å². The fourth-order valence-corrected chi connectivity index (χ4v) is 3.18. The molecule has 0 saturated carbocycles. The number of hydrogen-bond acceptors (Lipinski definition) is 4. The van der Waals surface area contributed by atoms with E-state index in [9.17, 15) is 9.18 Å². The molecule has 0 unspecified atom stereocenters. The van der Waals surface area contributed by atoms with Crippen molar-refractivity contribution in [3.05, 3.63) is 64.9 Å². The molecule has 1 fully saturated rings. The topological polar surface area (TPSA) is 44.8 Å². The molecule has 1 heterocycles. The molecule has 1 aliphatic heterocycles. The Morgan fingerprint density at radius 1 is 1.00 bits per heavy atom. The van der Waals surface area contributed by atoms with Crippen molar-refractivity contribution in [1.29, 1.82) is 0 Å². The van der Waals surface area contributed by atoms with Crippen LogP contribution in [-0.4, -0.2) is 61.6 Å². The molecular formula is C21H25ClFN3O2. The first-order valence-corrected chi connectivity index (χ1v) is 9.80. The molecule has 0 bridgehead atoms. The van der Waals surface area contributed by atoms with Crippen LogP contribution in [0.2, 0.25) is 5.02 Å². The summed E-state index contributed by atoms with van der Waals surface area (Å²) in [7, 11) is 0. The van der Waals surface area contributed by atoms with Crippen molar-refractivity contribution in [2.45, 2.75) is 6.54 Å². The van der Waals surface area contributed by atoms with Crippen molar-refractivity contribution < 1.29 is 13.9 Å². The highest BCUT2D eigenvalue weighted by atomic mass is 35.5. The highest BCUT2D eigenvalue weighted by Gasteiger charge is 2.18. The van der Waals surface area contributed by atoms with E-state index in [-0.39, 0.29) is 11.7 Å². The lowest BCUT2D eigenvalue weighted by molar-refractivity contribution is -0.122. The molecule has 0 radical (unpaired) electrons. The number of nitrogens with one attached hydrogen (secondary N) is 1. The minimum atomic E-state index is -0.272. The first-order chi connectivity index (χ1) is 13.6. The SMILES string of the molecule is O=C(CN1CCN(CCOc2ccc(Cl)cc2)CC1)NCc1ccc(F)cc1. The molecule has 1 saturated heterocycles. The Bertz CT molecular complexity index is 747. The highest BCUT2D eigenvalue weighted by Crippen LogP contribution is 2.15. The van der Waals surface area contributed by atoms with Crippen LogP contribution >= 0.6 is 11.6 Å². The van der Waals surface area contributed by atoms with E-state index in [2.05, 4.69) is 15.1 Å². The molecule has 2 aromatic carbocycles. The number of piperazine rings is 1. The largest absolute Gasteiger partial charge is 0.492 e. The molecule has 0 spiro atoms. The predicted molar refractivity (Wildman–Crippen MR) is 108 cm³/mol. The maximum atomic E-state index is 12.9. The van der Waals surface area contributed by atoms with Gasteiger partial charge in [-0.3, -0.25) is 14.6 Å². The average Bonchev–Trinajstić information content (AvgIpc) is 2.70. The molecule has 1 amide bonds. The fraction of sp³-hybridized carbons (Fsp3) is 0.381. The average molecular weight is 406 g/mol. The first-order valence-electron chi connectivity index (χ1n) is 9.43. The number of hydrogen-bond donors (Lipinski definition) is 1. The summed E-state index contributed by atoms with van der Waals surface area (Å²) in [6, 6.07) is 13.5. The lowest BCUT2D eigenvalue weighted by Gasteiger charge is -2.34. The number of carbonyl (C=O) groups excluding carboxylic acids is 1. The van der Waals surface area contributed by atoms with Crippen LogP contribution in [0.1, 0.15) is 5.56 Å². The number of benzene rings is 2. The number of ether oxygens (including phenoxy) is 1. The summed E-state index contributed by atoms with van der Waals surface area (Å²) in [6.07, 6.45) is 0. The molecule has 28 heavy (non-hydrogen) atoms. The number of nitrogens with zero attached hydrogens (tertiary/aromatic N) is 2. The molecule has 0 aliphatic carbocycles. The van der Waals surface area contributed by atoms with Gasteiger partial charge in [0.05, 0.1) is 6.54 Å². The zero-order valence-electron chi connectivity index (χ0n) is 15.7. The lowest BCUT2D eigenvalue weighted by atomic mass is 10.2. The highest BCUT2D eigenvalue weighted by molar-refractivity contribution is 6.30. The maximum absolute atomic E-state index is 12.9. The second-order valence-corrected chi connectivity index (χ2v) is 7.26. The Morgan fingerprint density at radius 2 is 1.64 bits per heavy atom. The van der Waals surface area contributed by atoms with Gasteiger partial charge < -0.3 is 10.1 Å². The molecule has 7 heteroatoms. The molecule has 0 atom stereocenters. The third-order valence-electron chi connectivity index (χ3n) is 4.72. The van der Waals surface area contributed by atoms with Crippen molar-refractivity contribution in [3.63, 3.8) is 0 Å². The summed E-state index contributed by atoms with van der Waals surface area (Å²) in [5, 5.41) is 3.59. The van der Waals surface area contributed by atoms with Crippen molar-refractivity contribution in [2.24, 2.45) is 0 Å². The van der Waals surface area contributed by atoms with E-state index in [0.717, 1.165) is 44.0 Å². The maximum Gasteiger partial charge on any atom is 0.234 e. The van der Waals surface area contributed by atoms with Crippen molar-refractivity contribution in [2.75, 3.05) is 45.9 Å². The first kappa shape index (κ1) is 20.6. The van der Waals surface area contributed by atoms with Gasteiger partial charge in [0.15, 0.2) is 0 Å². The molecule has 150 valence electrons. The number of rotatable bonds is 8. The number of halogens is 2. The Kier molecular flexibility index (Phi) is 7.65. The standard InChI is InChI=1S/C21H25ClFN3O2/c22-18-3-7-20(8-4-18)28-14-13-25-9-11-26(12-10-25)16-21(27)24-15-17-1-5-19(23)6-2-17/h1-8H,9-16H2,(H,24,27). The molecular weight excluding hydrogens is 381 g/mol. The van der Waals surface area contributed by atoms with Gasteiger partial charge in [0.2, 0.25) is 5.91 Å². The van der Waals surface area contributed by atoms with Crippen LogP contribution < -0.4 is 10.1 Å². The van der Waals surface area contributed by atoms with Gasteiger partial charge in [0, 0.05) is 44.3 Å². The Balaban J connectivity index is 1.29. The van der Waals surface area contributed by atoms with E-state index >= 15 is 0 Å². The Morgan fingerprint density at radius 3 is 2.32 bits per heavy atom. The minimum Gasteiger partial charge on any atom is -0.492 e. The zero-order chi connectivity index (χ0) is 19.8. The molecule has 3 rings (SSSR count). The summed E-state index contributed by atoms with van der Waals surface area (Å²) in [5.74, 6) is 0.538. The van der Waals surface area contributed by atoms with E-state index in [0.29, 0.717) is 24.7 Å². The molecule has 2 aromatic rings. The van der Waals surface area contributed by atoms with Crippen LogP contribution in [0, 0.1) is 5.82 Å². The summed E-state index contributed by atoms with van der Waals surface area (Å²) >= 11 is 5.86. The van der Waals surface area contributed by atoms with Gasteiger partial charge in [-0.15, -0.1) is 0 Å². The van der Waals surface area contributed by atoms with Crippen LogP contribution in [-0.2, 0) is 11.3 Å². The van der Waals surface area contributed by atoms with E-state index in [1.165, 1.54) is 12.1 Å². The molecule has 1 aliphatic rings. The smallest absolute Gasteiger partial charge is 0.234 e. The predicted octanol–water partition coefficient (Wildman–Crippen LogP) is 2.79. The summed E-state index contributed by atoms with van der Waals surface area (Å²) < 4.78 is 18.6. The Hall–Kier alpha value is -2.15. The fourth-order valence-electron chi connectivity index (χ4n) is 3.06. The van der Waals surface area contributed by atoms with Crippen molar-refractivity contribution >= 4 is 17.5 Å². The van der Waals surface area contributed by atoms with Crippen LogP contribution in [0.15, 0.2) is 48.5 Å². The van der Waals surface area contributed by atoms with E-state index in [1.54, 1.807) is 12.1 Å². The van der Waals surface area contributed by atoms with Gasteiger partial charge in [-0.1, -0.05) is 23.7 Å². The monoisotopic (exact) mass is 405 g/mol. The normalized spacial score (nSPS) is 15.4. The second-order valence-electron chi connectivity index (χ2n) is 6.82. The van der Waals surface area contributed by atoms with Gasteiger partial charge in [-0.2, -0.15) is 0 Å². The molecule has 0 aromatic heterocycles. The van der Waals surface area contributed by atoms with Crippen molar-refractivity contribution in [1.82, 2.24) is 15.1 Å². The quantitative estimate of drug-likeness (QED) is 0.733. The van der Waals surface area contributed by atoms with Crippen LogP contribution in [0.25, 0.3) is 0 Å². The minimum absolute atomic E-state index is 0.0103. The zero-order valence-corrected chi connectivity index (χ0v) is 16.5. The third-order valence-corrected chi connectivity index (χ3v) is 4.98. The van der Waals surface area contributed by atoms with Crippen LogP contribution in [0.5, 0.6) is 5.75 Å². The van der Waals surface area contributed by atoms with Crippen LogP contribution in [0.3, 0.4) is 0 Å². The van der Waals surface area contributed by atoms with E-state index < -0.39 is 0 Å². The van der Waals surface area contributed by atoms with Gasteiger partial charge in [0.1, 0.15) is 18.2 Å². The van der Waals surface area contributed by atoms with Gasteiger partial charge >= 0.3 is 0 Å². The lowest BCUT2D eigenvalue weighted by Crippen LogP contribution is -2.50. The van der Waals surface area contributed by atoms with Gasteiger partial charge in [0.25, 0.3) is 0 Å². The second kappa shape index (κ2) is 10.4. The number of amides is 1. The van der Waals surface area contributed by atoms with Crippen LogP contribution in [0.4, 0.5) is 4.39 Å². The molecule has 5 nitrogen and oxygen atoms in total. The molecule has 1 N–H and O–H groups in total. The third kappa shape index (κ3) is 6.78. The number of carbonyl (C=O) groups is 1. The van der Waals surface area contributed by atoms with E-state index in [4.69, 9.17) is 16.3 Å².